The number of benzene rings is 2. The summed E-state index contributed by atoms with van der Waals surface area (Å²) < 4.78 is 5.51. The van der Waals surface area contributed by atoms with Crippen LogP contribution in [0.2, 0.25) is 0 Å². The van der Waals surface area contributed by atoms with Gasteiger partial charge in [0, 0.05) is 36.2 Å². The van der Waals surface area contributed by atoms with E-state index in [9.17, 15) is 0 Å². The van der Waals surface area contributed by atoms with Crippen LogP contribution in [-0.4, -0.2) is 28.2 Å². The van der Waals surface area contributed by atoms with Gasteiger partial charge in [0.1, 0.15) is 5.58 Å². The van der Waals surface area contributed by atoms with Gasteiger partial charge >= 0.3 is 0 Å². The van der Waals surface area contributed by atoms with Crippen molar-refractivity contribution in [3.8, 4) is 11.3 Å². The number of nitrogens with zero attached hydrogens (tertiary/aromatic N) is 3. The van der Waals surface area contributed by atoms with Crippen molar-refractivity contribution >= 4 is 11.0 Å². The second-order valence-electron chi connectivity index (χ2n) is 7.12. The molecule has 0 saturated heterocycles. The Morgan fingerprint density at radius 3 is 2.93 bits per heavy atom. The summed E-state index contributed by atoms with van der Waals surface area (Å²) in [4.78, 5) is 2.51. The molecule has 0 aliphatic carbocycles. The lowest BCUT2D eigenvalue weighted by Crippen LogP contribution is -2.33. The number of hydrogen-bond donors (Lipinski definition) is 0. The maximum atomic E-state index is 5.51. The van der Waals surface area contributed by atoms with Crippen molar-refractivity contribution in [2.75, 3.05) is 13.1 Å². The van der Waals surface area contributed by atoms with Crippen LogP contribution in [0.4, 0.5) is 0 Å². The fourth-order valence-electron chi connectivity index (χ4n) is 4.09. The molecule has 5 rings (SSSR count). The lowest BCUT2D eigenvalue weighted by Gasteiger charge is -2.34. The third-order valence-electron chi connectivity index (χ3n) is 5.55. The van der Waals surface area contributed by atoms with E-state index in [2.05, 4.69) is 58.4 Å². The molecule has 2 aromatic heterocycles. The second-order valence-corrected chi connectivity index (χ2v) is 7.12. The molecular weight excluding hydrogens is 334 g/mol. The van der Waals surface area contributed by atoms with Gasteiger partial charge in [0.2, 0.25) is 0 Å². The molecule has 1 aliphatic rings. The minimum Gasteiger partial charge on any atom is -0.464 e. The van der Waals surface area contributed by atoms with E-state index in [4.69, 9.17) is 4.42 Å². The van der Waals surface area contributed by atoms with Gasteiger partial charge in [-0.05, 0) is 59.6 Å². The van der Waals surface area contributed by atoms with Crippen molar-refractivity contribution in [1.29, 1.82) is 0 Å². The van der Waals surface area contributed by atoms with Crippen LogP contribution >= 0.6 is 0 Å². The molecule has 0 bridgehead atoms. The van der Waals surface area contributed by atoms with E-state index in [1.165, 1.54) is 22.1 Å². The lowest BCUT2D eigenvalue weighted by molar-refractivity contribution is 0.253. The Kier molecular flexibility index (Phi) is 3.98. The van der Waals surface area contributed by atoms with E-state index < -0.39 is 0 Å². The van der Waals surface area contributed by atoms with E-state index in [1.54, 1.807) is 12.5 Å². The third kappa shape index (κ3) is 2.92. The first-order chi connectivity index (χ1) is 13.3. The molecule has 2 aromatic carbocycles. The molecule has 0 N–H and O–H groups in total. The highest BCUT2D eigenvalue weighted by Gasteiger charge is 2.26. The molecule has 1 unspecified atom stereocenters. The first-order valence-electron chi connectivity index (χ1n) is 9.42. The number of aromatic nitrogens is 2. The summed E-state index contributed by atoms with van der Waals surface area (Å²) in [5.41, 5.74) is 7.13. The molecule has 4 heteroatoms. The van der Waals surface area contributed by atoms with E-state index in [-0.39, 0.29) is 0 Å². The van der Waals surface area contributed by atoms with Crippen LogP contribution in [0.5, 0.6) is 0 Å². The van der Waals surface area contributed by atoms with Crippen LogP contribution in [0.25, 0.3) is 22.2 Å². The quantitative estimate of drug-likeness (QED) is 0.526. The zero-order valence-electron chi connectivity index (χ0n) is 15.3. The van der Waals surface area contributed by atoms with Crippen molar-refractivity contribution in [3.05, 3.63) is 83.7 Å². The summed E-state index contributed by atoms with van der Waals surface area (Å²) in [6.45, 7) is 5.29. The van der Waals surface area contributed by atoms with Crippen LogP contribution in [0.1, 0.15) is 29.5 Å². The zero-order valence-corrected chi connectivity index (χ0v) is 15.3. The summed E-state index contributed by atoms with van der Waals surface area (Å²) in [6.07, 6.45) is 3.47. The molecular formula is C23H21N3O. The van der Waals surface area contributed by atoms with E-state index in [0.29, 0.717) is 5.92 Å². The van der Waals surface area contributed by atoms with Crippen molar-refractivity contribution in [2.45, 2.75) is 19.4 Å². The summed E-state index contributed by atoms with van der Waals surface area (Å²) in [7, 11) is 0. The monoisotopic (exact) mass is 355 g/mol. The number of furan rings is 1. The average Bonchev–Trinajstić information content (AvgIpc) is 3.21. The van der Waals surface area contributed by atoms with Crippen molar-refractivity contribution in [1.82, 2.24) is 15.1 Å². The van der Waals surface area contributed by atoms with Crippen molar-refractivity contribution < 1.29 is 4.42 Å². The third-order valence-corrected chi connectivity index (χ3v) is 5.55. The smallest absolute Gasteiger partial charge is 0.133 e. The molecule has 4 nitrogen and oxygen atoms in total. The predicted molar refractivity (Wildman–Crippen MR) is 106 cm³/mol. The van der Waals surface area contributed by atoms with Crippen LogP contribution in [-0.2, 0) is 6.54 Å². The Bertz CT molecular complexity index is 1090. The first kappa shape index (κ1) is 16.2. The second kappa shape index (κ2) is 6.63. The highest BCUT2D eigenvalue weighted by molar-refractivity contribution is 5.78. The van der Waals surface area contributed by atoms with Crippen molar-refractivity contribution in [3.63, 3.8) is 0 Å². The van der Waals surface area contributed by atoms with Crippen molar-refractivity contribution in [2.24, 2.45) is 0 Å². The van der Waals surface area contributed by atoms with Gasteiger partial charge < -0.3 is 4.42 Å². The molecule has 0 fully saturated rings. The Hall–Kier alpha value is -2.98. The summed E-state index contributed by atoms with van der Waals surface area (Å²) in [6, 6.07) is 19.3. The standard InChI is InChI=1S/C23H21N3O/c1-2-26-14-19-13-17(22-4-3-10-24-25-22)5-7-20(19)21(15-26)16-6-8-23-18(12-16)9-11-27-23/h3-13,21H,2,14-15H2,1H3. The van der Waals surface area contributed by atoms with Crippen LogP contribution < -0.4 is 0 Å². The van der Waals surface area contributed by atoms with E-state index >= 15 is 0 Å². The average molecular weight is 355 g/mol. The van der Waals surface area contributed by atoms with Gasteiger partial charge in [0.25, 0.3) is 0 Å². The molecule has 1 atom stereocenters. The Labute approximate surface area is 158 Å². The Balaban J connectivity index is 1.59. The number of rotatable bonds is 3. The normalized spacial score (nSPS) is 17.1. The van der Waals surface area contributed by atoms with Crippen LogP contribution in [0, 0.1) is 0 Å². The molecule has 1 aliphatic heterocycles. The maximum absolute atomic E-state index is 5.51. The highest BCUT2D eigenvalue weighted by Crippen LogP contribution is 2.36. The fourth-order valence-corrected chi connectivity index (χ4v) is 4.09. The minimum absolute atomic E-state index is 0.365. The van der Waals surface area contributed by atoms with Gasteiger partial charge in [-0.1, -0.05) is 25.1 Å². The number of hydrogen-bond acceptors (Lipinski definition) is 4. The van der Waals surface area contributed by atoms with Gasteiger partial charge in [0.15, 0.2) is 0 Å². The van der Waals surface area contributed by atoms with Gasteiger partial charge in [-0.3, -0.25) is 4.90 Å². The van der Waals surface area contributed by atoms with Gasteiger partial charge in [-0.15, -0.1) is 0 Å². The van der Waals surface area contributed by atoms with Gasteiger partial charge in [-0.25, -0.2) is 0 Å². The topological polar surface area (TPSA) is 42.2 Å². The molecule has 134 valence electrons. The predicted octanol–water partition coefficient (Wildman–Crippen LogP) is 4.86. The van der Waals surface area contributed by atoms with Crippen LogP contribution in [0.15, 0.2) is 71.5 Å². The summed E-state index contributed by atoms with van der Waals surface area (Å²) in [5, 5.41) is 9.46. The molecule has 4 aromatic rings. The molecule has 27 heavy (non-hydrogen) atoms. The molecule has 0 saturated carbocycles. The Morgan fingerprint density at radius 2 is 2.07 bits per heavy atom. The number of likely N-dealkylation sites (N-methyl/N-ethyl adjacent to an activating group) is 1. The van der Waals surface area contributed by atoms with E-state index in [0.717, 1.165) is 36.5 Å². The van der Waals surface area contributed by atoms with E-state index in [1.807, 2.05) is 18.2 Å². The molecule has 0 radical (unpaired) electrons. The van der Waals surface area contributed by atoms with Gasteiger partial charge in [-0.2, -0.15) is 10.2 Å². The lowest BCUT2D eigenvalue weighted by atomic mass is 9.83. The summed E-state index contributed by atoms with van der Waals surface area (Å²) >= 11 is 0. The molecule has 0 spiro atoms. The zero-order chi connectivity index (χ0) is 18.2. The maximum Gasteiger partial charge on any atom is 0.133 e. The number of fused-ring (bicyclic) bond motifs is 2. The molecule has 0 amide bonds. The SMILES string of the molecule is CCN1Cc2cc(-c3cccnn3)ccc2C(c2ccc3occc3c2)C1. The fraction of sp³-hybridized carbons (Fsp3) is 0.217. The Morgan fingerprint density at radius 1 is 1.11 bits per heavy atom. The first-order valence-corrected chi connectivity index (χ1v) is 9.42. The van der Waals surface area contributed by atoms with Gasteiger partial charge in [0.05, 0.1) is 12.0 Å². The highest BCUT2D eigenvalue weighted by atomic mass is 16.3. The summed E-state index contributed by atoms with van der Waals surface area (Å²) in [5.74, 6) is 0.365. The largest absolute Gasteiger partial charge is 0.464 e. The van der Waals surface area contributed by atoms with Crippen LogP contribution in [0.3, 0.4) is 0 Å². The molecule has 3 heterocycles. The minimum atomic E-state index is 0.365.